The summed E-state index contributed by atoms with van der Waals surface area (Å²) in [5.74, 6) is -0.839. The molecule has 0 aromatic carbocycles. The van der Waals surface area contributed by atoms with Crippen LogP contribution in [0.2, 0.25) is 0 Å². The fourth-order valence-corrected chi connectivity index (χ4v) is 2.41. The lowest BCUT2D eigenvalue weighted by atomic mass is 10.1. The molecule has 2 aromatic rings. The molecule has 3 rings (SSSR count). The Hall–Kier alpha value is -2.96. The van der Waals surface area contributed by atoms with Crippen LogP contribution in [0.5, 0.6) is 0 Å². The molecule has 0 bridgehead atoms. The number of aromatic carboxylic acids is 1. The molecule has 0 radical (unpaired) electrons. The zero-order valence-electron chi connectivity index (χ0n) is 11.9. The Balaban J connectivity index is 2.07. The minimum Gasteiger partial charge on any atom is -0.477 e. The van der Waals surface area contributed by atoms with Crippen LogP contribution in [-0.4, -0.2) is 25.6 Å². The van der Waals surface area contributed by atoms with Gasteiger partial charge in [-0.1, -0.05) is 6.08 Å². The van der Waals surface area contributed by atoms with Gasteiger partial charge in [-0.05, 0) is 25.5 Å². The quantitative estimate of drug-likeness (QED) is 0.896. The van der Waals surface area contributed by atoms with Crippen molar-refractivity contribution in [3.63, 3.8) is 0 Å². The van der Waals surface area contributed by atoms with Gasteiger partial charge in [-0.25, -0.2) is 9.78 Å². The lowest BCUT2D eigenvalue weighted by Gasteiger charge is -2.25. The van der Waals surface area contributed by atoms with Crippen LogP contribution in [-0.2, 0) is 0 Å². The molecular formula is C15H14N4O3. The topological polar surface area (TPSA) is 97.1 Å². The maximum Gasteiger partial charge on any atom is 0.342 e. The van der Waals surface area contributed by atoms with Crippen molar-refractivity contribution in [3.05, 3.63) is 58.5 Å². The van der Waals surface area contributed by atoms with Crippen molar-refractivity contribution in [1.82, 2.24) is 14.5 Å². The van der Waals surface area contributed by atoms with Gasteiger partial charge < -0.3 is 10.4 Å². The van der Waals surface area contributed by atoms with E-state index in [9.17, 15) is 9.59 Å². The lowest BCUT2D eigenvalue weighted by Crippen LogP contribution is -2.34. The summed E-state index contributed by atoms with van der Waals surface area (Å²) in [7, 11) is 0. The highest BCUT2D eigenvalue weighted by Gasteiger charge is 2.24. The van der Waals surface area contributed by atoms with Gasteiger partial charge in [-0.2, -0.15) is 0 Å². The number of anilines is 1. The number of fused-ring (bicyclic) bond motifs is 1. The number of carboxylic acids is 1. The maximum absolute atomic E-state index is 12.3. The summed E-state index contributed by atoms with van der Waals surface area (Å²) >= 11 is 0. The fourth-order valence-electron chi connectivity index (χ4n) is 2.41. The van der Waals surface area contributed by atoms with Gasteiger partial charge in [-0.3, -0.25) is 14.3 Å². The first-order valence-corrected chi connectivity index (χ1v) is 6.80. The van der Waals surface area contributed by atoms with E-state index in [1.807, 2.05) is 19.1 Å². The number of allylic oxidation sites excluding steroid dienone is 1. The van der Waals surface area contributed by atoms with Crippen molar-refractivity contribution in [2.45, 2.75) is 19.4 Å². The summed E-state index contributed by atoms with van der Waals surface area (Å²) < 4.78 is 1.42. The molecule has 0 saturated carbocycles. The highest BCUT2D eigenvalue weighted by molar-refractivity contribution is 5.87. The van der Waals surface area contributed by atoms with Crippen LogP contribution in [0.25, 0.3) is 5.70 Å². The van der Waals surface area contributed by atoms with E-state index in [0.29, 0.717) is 17.9 Å². The predicted octanol–water partition coefficient (Wildman–Crippen LogP) is 1.75. The Morgan fingerprint density at radius 3 is 2.95 bits per heavy atom. The van der Waals surface area contributed by atoms with Crippen molar-refractivity contribution in [1.29, 1.82) is 0 Å². The Morgan fingerprint density at radius 1 is 1.45 bits per heavy atom. The molecule has 2 aromatic heterocycles. The first-order valence-electron chi connectivity index (χ1n) is 6.80. The second-order valence-electron chi connectivity index (χ2n) is 5.05. The molecule has 1 unspecified atom stereocenters. The molecule has 1 atom stereocenters. The molecule has 0 saturated heterocycles. The molecule has 22 heavy (non-hydrogen) atoms. The third-order valence-electron chi connectivity index (χ3n) is 3.51. The molecule has 7 nitrogen and oxygen atoms in total. The fraction of sp³-hybridized carbons (Fsp3) is 0.200. The minimum atomic E-state index is -1.27. The summed E-state index contributed by atoms with van der Waals surface area (Å²) in [6.45, 7) is 1.86. The average molecular weight is 298 g/mol. The van der Waals surface area contributed by atoms with E-state index in [1.165, 1.54) is 4.57 Å². The number of aromatic nitrogens is 3. The molecule has 0 spiro atoms. The second kappa shape index (κ2) is 5.44. The molecular weight excluding hydrogens is 284 g/mol. The number of rotatable bonds is 3. The number of nitrogens with zero attached hydrogens (tertiary/aromatic N) is 3. The van der Waals surface area contributed by atoms with E-state index in [2.05, 4.69) is 15.3 Å². The minimum absolute atomic E-state index is 0.145. The van der Waals surface area contributed by atoms with Crippen LogP contribution in [0.1, 0.15) is 35.6 Å². The molecule has 7 heteroatoms. The van der Waals surface area contributed by atoms with E-state index in [1.54, 1.807) is 18.5 Å². The number of hydrogen-bond donors (Lipinski definition) is 2. The number of pyridine rings is 1. The normalized spacial score (nSPS) is 16.6. The first-order chi connectivity index (χ1) is 10.6. The Morgan fingerprint density at radius 2 is 2.27 bits per heavy atom. The number of nitrogens with one attached hydrogen (secondary N) is 1. The first kappa shape index (κ1) is 14.0. The highest BCUT2D eigenvalue weighted by atomic mass is 16.4. The summed E-state index contributed by atoms with van der Waals surface area (Å²) in [4.78, 5) is 31.6. The van der Waals surface area contributed by atoms with Crippen LogP contribution in [0.15, 0.2) is 41.6 Å². The van der Waals surface area contributed by atoms with E-state index in [4.69, 9.17) is 5.11 Å². The lowest BCUT2D eigenvalue weighted by molar-refractivity contribution is 0.0693. The van der Waals surface area contributed by atoms with Crippen molar-refractivity contribution >= 4 is 17.4 Å². The number of carbonyl (C=O) groups is 1. The van der Waals surface area contributed by atoms with Crippen molar-refractivity contribution in [2.24, 2.45) is 0 Å². The van der Waals surface area contributed by atoms with Gasteiger partial charge in [0.2, 0.25) is 0 Å². The van der Waals surface area contributed by atoms with Crippen LogP contribution >= 0.6 is 0 Å². The van der Waals surface area contributed by atoms with Crippen molar-refractivity contribution < 1.29 is 9.90 Å². The van der Waals surface area contributed by atoms with Crippen molar-refractivity contribution in [2.75, 3.05) is 5.32 Å². The standard InChI is InChI=1S/C15H14N4O3/c1-9-4-5-12(18-10-3-2-6-16-7-10)13-17-8-11(15(21)22)14(20)19(9)13/h2-3,5-9,18H,4H2,1H3,(H,21,22). The average Bonchev–Trinajstić information content (AvgIpc) is 2.51. The van der Waals surface area contributed by atoms with Crippen LogP contribution in [0.3, 0.4) is 0 Å². The van der Waals surface area contributed by atoms with Gasteiger partial charge >= 0.3 is 5.97 Å². The third kappa shape index (κ3) is 2.37. The molecule has 1 aliphatic heterocycles. The van der Waals surface area contributed by atoms with Gasteiger partial charge in [-0.15, -0.1) is 0 Å². The zero-order valence-corrected chi connectivity index (χ0v) is 11.9. The van der Waals surface area contributed by atoms with Crippen LogP contribution < -0.4 is 10.9 Å². The number of hydrogen-bond acceptors (Lipinski definition) is 5. The Labute approximate surface area is 126 Å². The van der Waals surface area contributed by atoms with Crippen LogP contribution in [0.4, 0.5) is 5.69 Å². The SMILES string of the molecule is CC1CC=C(Nc2cccnc2)c2ncc(C(=O)O)c(=O)n21. The molecule has 112 valence electrons. The van der Waals surface area contributed by atoms with E-state index in [0.717, 1.165) is 11.9 Å². The van der Waals surface area contributed by atoms with Crippen molar-refractivity contribution in [3.8, 4) is 0 Å². The van der Waals surface area contributed by atoms with E-state index < -0.39 is 11.5 Å². The number of carboxylic acid groups (broad SMARTS) is 1. The maximum atomic E-state index is 12.3. The summed E-state index contributed by atoms with van der Waals surface area (Å²) in [5.41, 5.74) is 0.577. The molecule has 0 amide bonds. The van der Waals surface area contributed by atoms with Gasteiger partial charge in [0.15, 0.2) is 5.82 Å². The van der Waals surface area contributed by atoms with E-state index >= 15 is 0 Å². The van der Waals surface area contributed by atoms with Gasteiger partial charge in [0.05, 0.1) is 17.6 Å². The largest absolute Gasteiger partial charge is 0.477 e. The Bertz CT molecular complexity index is 811. The molecule has 1 aliphatic rings. The molecule has 0 fully saturated rings. The zero-order chi connectivity index (χ0) is 15.7. The van der Waals surface area contributed by atoms with Crippen LogP contribution in [0, 0.1) is 0 Å². The highest BCUT2D eigenvalue weighted by Crippen LogP contribution is 2.25. The smallest absolute Gasteiger partial charge is 0.342 e. The molecule has 0 aliphatic carbocycles. The predicted molar refractivity (Wildman–Crippen MR) is 80.6 cm³/mol. The third-order valence-corrected chi connectivity index (χ3v) is 3.51. The molecule has 2 N–H and O–H groups in total. The summed E-state index contributed by atoms with van der Waals surface area (Å²) in [5, 5.41) is 12.2. The molecule has 3 heterocycles. The summed E-state index contributed by atoms with van der Waals surface area (Å²) in [6.07, 6.45) is 6.98. The van der Waals surface area contributed by atoms with E-state index in [-0.39, 0.29) is 11.6 Å². The summed E-state index contributed by atoms with van der Waals surface area (Å²) in [6, 6.07) is 3.50. The second-order valence-corrected chi connectivity index (χ2v) is 5.05. The monoisotopic (exact) mass is 298 g/mol. The Kier molecular flexibility index (Phi) is 3.46. The van der Waals surface area contributed by atoms with Gasteiger partial charge in [0.1, 0.15) is 5.56 Å². The van der Waals surface area contributed by atoms with Gasteiger partial charge in [0, 0.05) is 18.4 Å². The van der Waals surface area contributed by atoms with Gasteiger partial charge in [0.25, 0.3) is 5.56 Å².